The lowest BCUT2D eigenvalue weighted by atomic mass is 10.2. The van der Waals surface area contributed by atoms with Crippen molar-refractivity contribution in [3.05, 3.63) is 50.5 Å². The number of carboxylic acid groups (broad SMARTS) is 1. The first-order valence-electron chi connectivity index (χ1n) is 4.43. The molecule has 0 aliphatic rings. The summed E-state index contributed by atoms with van der Waals surface area (Å²) in [6, 6.07) is 2.94. The Morgan fingerprint density at radius 3 is 2.29 bits per heavy atom. The van der Waals surface area contributed by atoms with Crippen molar-refractivity contribution >= 4 is 5.97 Å². The van der Waals surface area contributed by atoms with Gasteiger partial charge in [-0.2, -0.15) is 0 Å². The second kappa shape index (κ2) is 3.74. The van der Waals surface area contributed by atoms with E-state index < -0.39 is 28.7 Å². The summed E-state index contributed by atoms with van der Waals surface area (Å²) in [6.07, 6.45) is 0. The molecule has 2 aromatic rings. The standard InChI is InChI=1S/C9H6FN3O4/c10-6-3-4(1-2-5(6)7(14)15)13-8(16)11-12-9(13)17/h1-3H,(H,11,16)(H,12,17)(H,14,15). The van der Waals surface area contributed by atoms with E-state index in [-0.39, 0.29) is 5.69 Å². The van der Waals surface area contributed by atoms with Crippen molar-refractivity contribution in [3.63, 3.8) is 0 Å². The van der Waals surface area contributed by atoms with Crippen LogP contribution in [0, 0.1) is 5.82 Å². The Hall–Kier alpha value is -2.64. The third-order valence-electron chi connectivity index (χ3n) is 2.12. The maximum absolute atomic E-state index is 13.3. The molecule has 0 aliphatic heterocycles. The van der Waals surface area contributed by atoms with E-state index >= 15 is 0 Å². The molecule has 0 amide bonds. The van der Waals surface area contributed by atoms with E-state index in [1.807, 2.05) is 10.2 Å². The van der Waals surface area contributed by atoms with Crippen molar-refractivity contribution in [1.29, 1.82) is 0 Å². The van der Waals surface area contributed by atoms with E-state index in [9.17, 15) is 18.8 Å². The first kappa shape index (κ1) is 10.9. The fraction of sp³-hybridized carbons (Fsp3) is 0. The van der Waals surface area contributed by atoms with Crippen LogP contribution in [0.15, 0.2) is 27.8 Å². The van der Waals surface area contributed by atoms with Gasteiger partial charge in [0, 0.05) is 0 Å². The summed E-state index contributed by atoms with van der Waals surface area (Å²) >= 11 is 0. The number of carboxylic acids is 1. The average Bonchev–Trinajstić information content (AvgIpc) is 2.58. The molecule has 3 N–H and O–H groups in total. The molecule has 1 heterocycles. The fourth-order valence-electron chi connectivity index (χ4n) is 1.36. The number of benzene rings is 1. The van der Waals surface area contributed by atoms with Crippen LogP contribution in [-0.2, 0) is 0 Å². The Kier molecular flexibility index (Phi) is 2.39. The number of rotatable bonds is 2. The Bertz CT molecular complexity index is 669. The van der Waals surface area contributed by atoms with Crippen molar-refractivity contribution < 1.29 is 14.3 Å². The van der Waals surface area contributed by atoms with E-state index in [4.69, 9.17) is 5.11 Å². The summed E-state index contributed by atoms with van der Waals surface area (Å²) in [5, 5.41) is 12.7. The normalized spacial score (nSPS) is 10.4. The van der Waals surface area contributed by atoms with Gasteiger partial charge in [-0.3, -0.25) is 0 Å². The number of aromatic amines is 2. The highest BCUT2D eigenvalue weighted by Crippen LogP contribution is 2.11. The van der Waals surface area contributed by atoms with Crippen LogP contribution in [0.25, 0.3) is 5.69 Å². The molecule has 1 aromatic carbocycles. The number of aromatic nitrogens is 3. The number of halogens is 1. The lowest BCUT2D eigenvalue weighted by molar-refractivity contribution is 0.0692. The molecule has 0 unspecified atom stereocenters. The SMILES string of the molecule is O=C(O)c1ccc(-n2c(=O)[nH][nH]c2=O)cc1F. The van der Waals surface area contributed by atoms with Gasteiger partial charge < -0.3 is 5.11 Å². The molecule has 8 heteroatoms. The highest BCUT2D eigenvalue weighted by atomic mass is 19.1. The number of hydrogen-bond donors (Lipinski definition) is 3. The number of aromatic carboxylic acids is 1. The lowest BCUT2D eigenvalue weighted by Crippen LogP contribution is -2.24. The van der Waals surface area contributed by atoms with Crippen LogP contribution in [0.4, 0.5) is 4.39 Å². The molecule has 0 atom stereocenters. The molecular formula is C9H6FN3O4. The van der Waals surface area contributed by atoms with E-state index in [0.29, 0.717) is 4.57 Å². The van der Waals surface area contributed by atoms with Crippen molar-refractivity contribution in [2.75, 3.05) is 0 Å². The fourth-order valence-corrected chi connectivity index (χ4v) is 1.36. The molecule has 1 aromatic heterocycles. The molecule has 0 spiro atoms. The zero-order valence-electron chi connectivity index (χ0n) is 8.23. The van der Waals surface area contributed by atoms with Crippen LogP contribution in [0.3, 0.4) is 0 Å². The monoisotopic (exact) mass is 239 g/mol. The summed E-state index contributed by atoms with van der Waals surface area (Å²) in [5.74, 6) is -2.45. The highest BCUT2D eigenvalue weighted by molar-refractivity contribution is 5.88. The quantitative estimate of drug-likeness (QED) is 0.668. The molecule has 88 valence electrons. The molecule has 0 fully saturated rings. The Morgan fingerprint density at radius 1 is 1.24 bits per heavy atom. The van der Waals surface area contributed by atoms with E-state index in [1.165, 1.54) is 0 Å². The van der Waals surface area contributed by atoms with Crippen molar-refractivity contribution in [3.8, 4) is 5.69 Å². The average molecular weight is 239 g/mol. The van der Waals surface area contributed by atoms with E-state index in [2.05, 4.69) is 0 Å². The smallest absolute Gasteiger partial charge is 0.348 e. The van der Waals surface area contributed by atoms with E-state index in [1.54, 1.807) is 0 Å². The molecule has 0 saturated carbocycles. The van der Waals surface area contributed by atoms with Crippen molar-refractivity contribution in [2.45, 2.75) is 0 Å². The topological polar surface area (TPSA) is 108 Å². The second-order valence-electron chi connectivity index (χ2n) is 3.17. The molecule has 0 bridgehead atoms. The van der Waals surface area contributed by atoms with Gasteiger partial charge in [0.25, 0.3) is 0 Å². The largest absolute Gasteiger partial charge is 0.478 e. The summed E-state index contributed by atoms with van der Waals surface area (Å²) in [5.41, 5.74) is -2.12. The lowest BCUT2D eigenvalue weighted by Gasteiger charge is -2.01. The maximum atomic E-state index is 13.3. The zero-order chi connectivity index (χ0) is 12.6. The Labute approximate surface area is 92.1 Å². The first-order chi connectivity index (χ1) is 8.00. The minimum Gasteiger partial charge on any atom is -0.478 e. The highest BCUT2D eigenvalue weighted by Gasteiger charge is 2.13. The number of H-pyrrole nitrogens is 2. The second-order valence-corrected chi connectivity index (χ2v) is 3.17. The van der Waals surface area contributed by atoms with Gasteiger partial charge in [0.1, 0.15) is 5.82 Å². The summed E-state index contributed by atoms with van der Waals surface area (Å²) in [4.78, 5) is 33.0. The van der Waals surface area contributed by atoms with Gasteiger partial charge in [0.2, 0.25) is 0 Å². The van der Waals surface area contributed by atoms with E-state index in [0.717, 1.165) is 18.2 Å². The third kappa shape index (κ3) is 1.75. The van der Waals surface area contributed by atoms with Crippen LogP contribution in [0.5, 0.6) is 0 Å². The van der Waals surface area contributed by atoms with Gasteiger partial charge in [-0.1, -0.05) is 0 Å². The first-order valence-corrected chi connectivity index (χ1v) is 4.43. The van der Waals surface area contributed by atoms with Gasteiger partial charge in [-0.15, -0.1) is 0 Å². The summed E-state index contributed by atoms with van der Waals surface area (Å²) < 4.78 is 14.0. The van der Waals surface area contributed by atoms with Crippen molar-refractivity contribution in [2.24, 2.45) is 0 Å². The molecule has 17 heavy (non-hydrogen) atoms. The van der Waals surface area contributed by atoms with Crippen LogP contribution in [-0.4, -0.2) is 25.8 Å². The number of carbonyl (C=O) groups is 1. The molecule has 0 aliphatic carbocycles. The van der Waals surface area contributed by atoms with Crippen LogP contribution in [0.1, 0.15) is 10.4 Å². The van der Waals surface area contributed by atoms with Gasteiger partial charge in [0.15, 0.2) is 0 Å². The number of hydrogen-bond acceptors (Lipinski definition) is 3. The van der Waals surface area contributed by atoms with Gasteiger partial charge >= 0.3 is 17.3 Å². The zero-order valence-corrected chi connectivity index (χ0v) is 8.23. The third-order valence-corrected chi connectivity index (χ3v) is 2.12. The summed E-state index contributed by atoms with van der Waals surface area (Å²) in [7, 11) is 0. The number of nitrogens with one attached hydrogen (secondary N) is 2. The Morgan fingerprint density at radius 2 is 1.82 bits per heavy atom. The predicted octanol–water partition coefficient (Wildman–Crippen LogP) is -0.309. The molecule has 0 saturated heterocycles. The maximum Gasteiger partial charge on any atom is 0.348 e. The summed E-state index contributed by atoms with van der Waals surface area (Å²) in [6.45, 7) is 0. The molecule has 2 rings (SSSR count). The van der Waals surface area contributed by atoms with Crippen molar-refractivity contribution in [1.82, 2.24) is 14.8 Å². The molecule has 7 nitrogen and oxygen atoms in total. The van der Waals surface area contributed by atoms with Gasteiger partial charge in [-0.25, -0.2) is 33.5 Å². The van der Waals surface area contributed by atoms with Crippen LogP contribution < -0.4 is 11.4 Å². The minimum absolute atomic E-state index is 0.0556. The van der Waals surface area contributed by atoms with Gasteiger partial charge in [-0.05, 0) is 18.2 Å². The number of nitrogens with zero attached hydrogens (tertiary/aromatic N) is 1. The predicted molar refractivity (Wildman–Crippen MR) is 53.9 cm³/mol. The van der Waals surface area contributed by atoms with Crippen LogP contribution >= 0.6 is 0 Å². The van der Waals surface area contributed by atoms with Crippen LogP contribution in [0.2, 0.25) is 0 Å². The minimum atomic E-state index is -1.43. The molecule has 0 radical (unpaired) electrons. The molecular weight excluding hydrogens is 233 g/mol. The Balaban J connectivity index is 2.64. The van der Waals surface area contributed by atoms with Gasteiger partial charge in [0.05, 0.1) is 11.3 Å².